The zero-order chi connectivity index (χ0) is 14.7. The molecule has 3 rings (SSSR count). The Balaban J connectivity index is 1.97. The van der Waals surface area contributed by atoms with Crippen LogP contribution in [0.2, 0.25) is 0 Å². The summed E-state index contributed by atoms with van der Waals surface area (Å²) in [7, 11) is 0. The van der Waals surface area contributed by atoms with Crippen LogP contribution in [-0.2, 0) is 4.74 Å². The number of hydrogen-bond acceptors (Lipinski definition) is 2. The van der Waals surface area contributed by atoms with Crippen molar-refractivity contribution in [3.8, 4) is 5.75 Å². The number of rotatable bonds is 5. The Morgan fingerprint density at radius 2 is 1.62 bits per heavy atom. The Morgan fingerprint density at radius 1 is 0.857 bits per heavy atom. The van der Waals surface area contributed by atoms with Gasteiger partial charge in [-0.25, -0.2) is 0 Å². The molecule has 0 fully saturated rings. The third-order valence-corrected chi connectivity index (χ3v) is 3.80. The van der Waals surface area contributed by atoms with Crippen molar-refractivity contribution in [3.63, 3.8) is 0 Å². The summed E-state index contributed by atoms with van der Waals surface area (Å²) in [5, 5.41) is 5.04. The number of aryl methyl sites for hydroxylation is 1. The molecule has 0 radical (unpaired) electrons. The first-order valence-electron chi connectivity index (χ1n) is 7.42. The molecule has 0 aliphatic heterocycles. The Bertz CT molecular complexity index is 762. The van der Waals surface area contributed by atoms with Crippen LogP contribution in [0.5, 0.6) is 5.75 Å². The van der Waals surface area contributed by atoms with Crippen LogP contribution in [0.25, 0.3) is 21.5 Å². The van der Waals surface area contributed by atoms with Gasteiger partial charge in [-0.05, 0) is 59.2 Å². The topological polar surface area (TPSA) is 18.5 Å². The van der Waals surface area contributed by atoms with Gasteiger partial charge in [-0.1, -0.05) is 30.3 Å². The Morgan fingerprint density at radius 3 is 2.38 bits per heavy atom. The van der Waals surface area contributed by atoms with Gasteiger partial charge < -0.3 is 9.47 Å². The van der Waals surface area contributed by atoms with Crippen LogP contribution in [-0.4, -0.2) is 19.8 Å². The van der Waals surface area contributed by atoms with E-state index in [0.717, 1.165) is 12.4 Å². The maximum Gasteiger partial charge on any atom is 0.122 e. The lowest BCUT2D eigenvalue weighted by Crippen LogP contribution is -2.07. The third-order valence-electron chi connectivity index (χ3n) is 3.80. The summed E-state index contributed by atoms with van der Waals surface area (Å²) >= 11 is 0. The van der Waals surface area contributed by atoms with E-state index in [2.05, 4.69) is 55.5 Å². The lowest BCUT2D eigenvalue weighted by Gasteiger charge is -2.12. The fourth-order valence-corrected chi connectivity index (χ4v) is 2.66. The molecule has 0 atom stereocenters. The van der Waals surface area contributed by atoms with E-state index in [-0.39, 0.29) is 0 Å². The van der Waals surface area contributed by atoms with Gasteiger partial charge in [-0.2, -0.15) is 0 Å². The SMILES string of the molecule is CCOCCOc1ccc2cc3ccccc3cc2c1C. The van der Waals surface area contributed by atoms with Crippen molar-refractivity contribution < 1.29 is 9.47 Å². The normalized spacial score (nSPS) is 11.1. The minimum Gasteiger partial charge on any atom is -0.491 e. The zero-order valence-electron chi connectivity index (χ0n) is 12.6. The molecule has 0 unspecified atom stereocenters. The van der Waals surface area contributed by atoms with E-state index in [1.165, 1.54) is 27.1 Å². The molecule has 0 aliphatic carbocycles. The van der Waals surface area contributed by atoms with Crippen molar-refractivity contribution in [1.82, 2.24) is 0 Å². The Kier molecular flexibility index (Phi) is 4.07. The summed E-state index contributed by atoms with van der Waals surface area (Å²) in [4.78, 5) is 0. The van der Waals surface area contributed by atoms with Gasteiger partial charge in [-0.15, -0.1) is 0 Å². The summed E-state index contributed by atoms with van der Waals surface area (Å²) in [5.74, 6) is 0.942. The fraction of sp³-hybridized carbons (Fsp3) is 0.263. The second-order valence-corrected chi connectivity index (χ2v) is 5.15. The summed E-state index contributed by atoms with van der Waals surface area (Å²) in [6, 6.07) is 17.1. The molecule has 0 aliphatic rings. The average Bonchev–Trinajstić information content (AvgIpc) is 2.52. The molecule has 0 saturated carbocycles. The Labute approximate surface area is 125 Å². The van der Waals surface area contributed by atoms with Crippen molar-refractivity contribution in [3.05, 3.63) is 54.1 Å². The van der Waals surface area contributed by atoms with E-state index in [1.807, 2.05) is 6.92 Å². The summed E-state index contributed by atoms with van der Waals surface area (Å²) in [5.41, 5.74) is 1.19. The van der Waals surface area contributed by atoms with Crippen molar-refractivity contribution in [2.75, 3.05) is 19.8 Å². The molecule has 21 heavy (non-hydrogen) atoms. The molecular weight excluding hydrogens is 260 g/mol. The summed E-state index contributed by atoms with van der Waals surface area (Å²) in [6.45, 7) is 6.06. The smallest absolute Gasteiger partial charge is 0.122 e. The van der Waals surface area contributed by atoms with Gasteiger partial charge in [0, 0.05) is 6.61 Å². The van der Waals surface area contributed by atoms with Crippen LogP contribution >= 0.6 is 0 Å². The van der Waals surface area contributed by atoms with E-state index in [1.54, 1.807) is 0 Å². The average molecular weight is 280 g/mol. The molecule has 0 saturated heterocycles. The maximum absolute atomic E-state index is 5.83. The van der Waals surface area contributed by atoms with Crippen molar-refractivity contribution in [2.24, 2.45) is 0 Å². The molecule has 108 valence electrons. The van der Waals surface area contributed by atoms with E-state index >= 15 is 0 Å². The predicted molar refractivity (Wildman–Crippen MR) is 88.2 cm³/mol. The monoisotopic (exact) mass is 280 g/mol. The molecule has 0 aromatic heterocycles. The van der Waals surface area contributed by atoms with E-state index in [0.29, 0.717) is 13.2 Å². The molecule has 3 aromatic carbocycles. The first-order chi connectivity index (χ1) is 10.3. The minimum absolute atomic E-state index is 0.591. The van der Waals surface area contributed by atoms with Gasteiger partial charge in [0.2, 0.25) is 0 Å². The molecule has 0 spiro atoms. The molecule has 2 heteroatoms. The van der Waals surface area contributed by atoms with E-state index in [4.69, 9.17) is 9.47 Å². The lowest BCUT2D eigenvalue weighted by atomic mass is 10.00. The van der Waals surface area contributed by atoms with Crippen molar-refractivity contribution >= 4 is 21.5 Å². The van der Waals surface area contributed by atoms with Gasteiger partial charge in [-0.3, -0.25) is 0 Å². The third kappa shape index (κ3) is 2.86. The fourth-order valence-electron chi connectivity index (χ4n) is 2.66. The minimum atomic E-state index is 0.591. The van der Waals surface area contributed by atoms with Crippen LogP contribution in [0.15, 0.2) is 48.5 Å². The molecule has 3 aromatic rings. The van der Waals surface area contributed by atoms with Gasteiger partial charge >= 0.3 is 0 Å². The molecular formula is C19H20O2. The summed E-state index contributed by atoms with van der Waals surface area (Å²) in [6.07, 6.45) is 0. The second kappa shape index (κ2) is 6.15. The van der Waals surface area contributed by atoms with Gasteiger partial charge in [0.15, 0.2) is 0 Å². The van der Waals surface area contributed by atoms with Gasteiger partial charge in [0.05, 0.1) is 6.61 Å². The highest BCUT2D eigenvalue weighted by Gasteiger charge is 2.06. The highest BCUT2D eigenvalue weighted by atomic mass is 16.5. The first kappa shape index (κ1) is 13.9. The van der Waals surface area contributed by atoms with Crippen molar-refractivity contribution in [1.29, 1.82) is 0 Å². The van der Waals surface area contributed by atoms with Crippen LogP contribution in [0, 0.1) is 6.92 Å². The maximum atomic E-state index is 5.83. The number of benzene rings is 3. The van der Waals surface area contributed by atoms with Crippen LogP contribution < -0.4 is 4.74 Å². The standard InChI is InChI=1S/C19H20O2/c1-3-20-10-11-21-19-9-8-17-12-15-6-4-5-7-16(15)13-18(17)14(19)2/h4-9,12-13H,3,10-11H2,1-2H3. The van der Waals surface area contributed by atoms with E-state index in [9.17, 15) is 0 Å². The zero-order valence-corrected chi connectivity index (χ0v) is 12.6. The van der Waals surface area contributed by atoms with Crippen LogP contribution in [0.1, 0.15) is 12.5 Å². The first-order valence-corrected chi connectivity index (χ1v) is 7.42. The van der Waals surface area contributed by atoms with Gasteiger partial charge in [0.1, 0.15) is 12.4 Å². The molecule has 0 heterocycles. The van der Waals surface area contributed by atoms with Crippen LogP contribution in [0.3, 0.4) is 0 Å². The highest BCUT2D eigenvalue weighted by molar-refractivity contribution is 6.00. The van der Waals surface area contributed by atoms with Crippen LogP contribution in [0.4, 0.5) is 0 Å². The lowest BCUT2D eigenvalue weighted by molar-refractivity contribution is 0.110. The number of hydrogen-bond donors (Lipinski definition) is 0. The second-order valence-electron chi connectivity index (χ2n) is 5.15. The van der Waals surface area contributed by atoms with Gasteiger partial charge in [0.25, 0.3) is 0 Å². The van der Waals surface area contributed by atoms with E-state index < -0.39 is 0 Å². The quantitative estimate of drug-likeness (QED) is 0.497. The number of ether oxygens (including phenoxy) is 2. The molecule has 0 N–H and O–H groups in total. The molecule has 0 amide bonds. The summed E-state index contributed by atoms with van der Waals surface area (Å²) < 4.78 is 11.1. The largest absolute Gasteiger partial charge is 0.491 e. The molecule has 0 bridgehead atoms. The number of fused-ring (bicyclic) bond motifs is 2. The Hall–Kier alpha value is -2.06. The molecule has 2 nitrogen and oxygen atoms in total. The van der Waals surface area contributed by atoms with Crippen molar-refractivity contribution in [2.45, 2.75) is 13.8 Å². The predicted octanol–water partition coefficient (Wildman–Crippen LogP) is 4.72. The highest BCUT2D eigenvalue weighted by Crippen LogP contribution is 2.30.